The zero-order valence-electron chi connectivity index (χ0n) is 10.3. The van der Waals surface area contributed by atoms with E-state index in [1.807, 2.05) is 30.5 Å². The molecule has 1 heterocycles. The minimum Gasteiger partial charge on any atom is -0.323 e. The van der Waals surface area contributed by atoms with Crippen molar-refractivity contribution < 1.29 is 0 Å². The number of benzene rings is 1. The Labute approximate surface area is 101 Å². The topological polar surface area (TPSA) is 53.1 Å². The molecule has 0 aliphatic carbocycles. The van der Waals surface area contributed by atoms with Gasteiger partial charge in [-0.25, -0.2) is 10.4 Å². The van der Waals surface area contributed by atoms with Gasteiger partial charge in [-0.3, -0.25) is 0 Å². The van der Waals surface area contributed by atoms with E-state index in [4.69, 9.17) is 0 Å². The number of hydrogen-bond donors (Lipinski definition) is 2. The molecule has 2 aromatic rings. The Kier molecular flexibility index (Phi) is 3.75. The molecule has 0 atom stereocenters. The maximum absolute atomic E-state index is 4.38. The predicted octanol–water partition coefficient (Wildman–Crippen LogP) is 3.40. The highest BCUT2D eigenvalue weighted by atomic mass is 15.3. The highest BCUT2D eigenvalue weighted by Gasteiger charge is 2.00. The zero-order valence-corrected chi connectivity index (χ0v) is 10.3. The molecule has 0 unspecified atom stereocenters. The molecule has 0 aliphatic rings. The van der Waals surface area contributed by atoms with E-state index in [0.29, 0.717) is 11.9 Å². The van der Waals surface area contributed by atoms with Crippen LogP contribution < -0.4 is 5.43 Å². The van der Waals surface area contributed by atoms with Gasteiger partial charge in [0.1, 0.15) is 0 Å². The molecule has 0 aliphatic heterocycles. The van der Waals surface area contributed by atoms with E-state index < -0.39 is 0 Å². The summed E-state index contributed by atoms with van der Waals surface area (Å²) in [5.41, 5.74) is 4.91. The minimum atomic E-state index is 0.534. The van der Waals surface area contributed by atoms with E-state index in [-0.39, 0.29) is 0 Å². The molecule has 0 saturated heterocycles. The number of rotatable bonds is 5. The summed E-state index contributed by atoms with van der Waals surface area (Å²) in [4.78, 5) is 7.55. The number of hydrogen-bond acceptors (Lipinski definition) is 3. The molecule has 2 rings (SSSR count). The molecule has 0 bridgehead atoms. The molecule has 0 saturated carbocycles. The van der Waals surface area contributed by atoms with Gasteiger partial charge >= 0.3 is 0 Å². The van der Waals surface area contributed by atoms with Crippen LogP contribution in [0.4, 0.5) is 5.95 Å². The van der Waals surface area contributed by atoms with Gasteiger partial charge in [0.05, 0.1) is 11.0 Å². The lowest BCUT2D eigenvalue weighted by molar-refractivity contribution is 0.654. The monoisotopic (exact) mass is 230 g/mol. The molecule has 0 amide bonds. The number of hydrazone groups is 1. The molecule has 90 valence electrons. The minimum absolute atomic E-state index is 0.534. The third kappa shape index (κ3) is 2.84. The summed E-state index contributed by atoms with van der Waals surface area (Å²) in [5.74, 6) is 1.22. The molecule has 1 aromatic heterocycles. The van der Waals surface area contributed by atoms with Crippen LogP contribution in [0.1, 0.15) is 26.7 Å². The van der Waals surface area contributed by atoms with E-state index in [0.717, 1.165) is 23.9 Å². The smallest absolute Gasteiger partial charge is 0.222 e. The van der Waals surface area contributed by atoms with E-state index in [9.17, 15) is 0 Å². The quantitative estimate of drug-likeness (QED) is 0.611. The highest BCUT2D eigenvalue weighted by molar-refractivity contribution is 5.77. The molecule has 1 aromatic carbocycles. The van der Waals surface area contributed by atoms with E-state index in [1.54, 1.807) is 0 Å². The molecular weight excluding hydrogens is 212 g/mol. The molecule has 0 spiro atoms. The van der Waals surface area contributed by atoms with Gasteiger partial charge in [-0.05, 0) is 30.9 Å². The van der Waals surface area contributed by atoms with Crippen LogP contribution in [-0.4, -0.2) is 16.2 Å². The maximum Gasteiger partial charge on any atom is 0.222 e. The number of nitrogens with one attached hydrogen (secondary N) is 2. The van der Waals surface area contributed by atoms with Gasteiger partial charge < -0.3 is 4.98 Å². The normalized spacial score (nSPS) is 11.7. The standard InChI is InChI=1S/C13H18N4/c1-3-10(4-2)9-14-17-13-15-11-7-5-6-8-12(11)16-13/h5-10H,3-4H2,1-2H3,(H2,15,16,17)/b14-9-. The molecule has 4 heteroatoms. The Morgan fingerprint density at radius 1 is 1.35 bits per heavy atom. The third-order valence-corrected chi connectivity index (χ3v) is 2.89. The van der Waals surface area contributed by atoms with Crippen molar-refractivity contribution in [1.82, 2.24) is 9.97 Å². The van der Waals surface area contributed by atoms with Crippen LogP contribution in [0.25, 0.3) is 11.0 Å². The van der Waals surface area contributed by atoms with Gasteiger partial charge in [-0.15, -0.1) is 0 Å². The summed E-state index contributed by atoms with van der Waals surface area (Å²) >= 11 is 0. The number of fused-ring (bicyclic) bond motifs is 1. The fraction of sp³-hybridized carbons (Fsp3) is 0.385. The van der Waals surface area contributed by atoms with Crippen LogP contribution in [0.2, 0.25) is 0 Å². The van der Waals surface area contributed by atoms with Crippen molar-refractivity contribution in [1.29, 1.82) is 0 Å². The fourth-order valence-electron chi connectivity index (χ4n) is 1.71. The van der Waals surface area contributed by atoms with Crippen molar-refractivity contribution in [3.63, 3.8) is 0 Å². The number of para-hydroxylation sites is 2. The van der Waals surface area contributed by atoms with Crippen LogP contribution in [0.15, 0.2) is 29.4 Å². The number of anilines is 1. The summed E-state index contributed by atoms with van der Waals surface area (Å²) in [7, 11) is 0. The van der Waals surface area contributed by atoms with Gasteiger partial charge in [-0.1, -0.05) is 26.0 Å². The Bertz CT molecular complexity index is 464. The van der Waals surface area contributed by atoms with Crippen LogP contribution in [0.5, 0.6) is 0 Å². The van der Waals surface area contributed by atoms with Crippen molar-refractivity contribution in [3.8, 4) is 0 Å². The number of aromatic amines is 1. The third-order valence-electron chi connectivity index (χ3n) is 2.89. The average molecular weight is 230 g/mol. The Balaban J connectivity index is 2.03. The van der Waals surface area contributed by atoms with Crippen molar-refractivity contribution in [3.05, 3.63) is 24.3 Å². The molecule has 2 N–H and O–H groups in total. The number of aromatic nitrogens is 2. The summed E-state index contributed by atoms with van der Waals surface area (Å²) in [6, 6.07) is 7.93. The number of H-pyrrole nitrogens is 1. The first kappa shape index (κ1) is 11.6. The second-order valence-corrected chi connectivity index (χ2v) is 4.07. The zero-order chi connectivity index (χ0) is 12.1. The fourth-order valence-corrected chi connectivity index (χ4v) is 1.71. The van der Waals surface area contributed by atoms with E-state index in [2.05, 4.69) is 34.3 Å². The van der Waals surface area contributed by atoms with E-state index in [1.165, 1.54) is 0 Å². The SMILES string of the molecule is CCC(/C=N\Nc1nc2ccccc2[nH]1)CC. The number of imidazole rings is 1. The van der Waals surface area contributed by atoms with Gasteiger partial charge in [-0.2, -0.15) is 5.10 Å². The van der Waals surface area contributed by atoms with E-state index >= 15 is 0 Å². The molecular formula is C13H18N4. The lowest BCUT2D eigenvalue weighted by Crippen LogP contribution is -2.00. The van der Waals surface area contributed by atoms with Gasteiger partial charge in [0.15, 0.2) is 0 Å². The van der Waals surface area contributed by atoms with Crippen LogP contribution in [-0.2, 0) is 0 Å². The average Bonchev–Trinajstić information content (AvgIpc) is 2.77. The van der Waals surface area contributed by atoms with Crippen molar-refractivity contribution >= 4 is 23.2 Å². The summed E-state index contributed by atoms with van der Waals surface area (Å²) in [5, 5.41) is 4.21. The van der Waals surface area contributed by atoms with Gasteiger partial charge in [0, 0.05) is 6.21 Å². The lowest BCUT2D eigenvalue weighted by atomic mass is 10.1. The van der Waals surface area contributed by atoms with Gasteiger partial charge in [0.25, 0.3) is 0 Å². The summed E-state index contributed by atoms with van der Waals surface area (Å²) < 4.78 is 0. The van der Waals surface area contributed by atoms with Crippen LogP contribution in [0.3, 0.4) is 0 Å². The molecule has 4 nitrogen and oxygen atoms in total. The highest BCUT2D eigenvalue weighted by Crippen LogP contribution is 2.13. The summed E-state index contributed by atoms with van der Waals surface area (Å²) in [6.07, 6.45) is 4.18. The first-order chi connectivity index (χ1) is 8.33. The summed E-state index contributed by atoms with van der Waals surface area (Å²) in [6.45, 7) is 4.34. The Morgan fingerprint density at radius 3 is 2.82 bits per heavy atom. The van der Waals surface area contributed by atoms with Gasteiger partial charge in [0.2, 0.25) is 5.95 Å². The van der Waals surface area contributed by atoms with Crippen LogP contribution in [0, 0.1) is 5.92 Å². The number of nitrogens with zero attached hydrogens (tertiary/aromatic N) is 2. The Morgan fingerprint density at radius 2 is 2.12 bits per heavy atom. The first-order valence-electron chi connectivity index (χ1n) is 6.07. The van der Waals surface area contributed by atoms with Crippen molar-refractivity contribution in [2.24, 2.45) is 11.0 Å². The second-order valence-electron chi connectivity index (χ2n) is 4.07. The predicted molar refractivity (Wildman–Crippen MR) is 72.3 cm³/mol. The molecule has 17 heavy (non-hydrogen) atoms. The molecule has 0 fully saturated rings. The van der Waals surface area contributed by atoms with Crippen LogP contribution >= 0.6 is 0 Å². The lowest BCUT2D eigenvalue weighted by Gasteiger charge is -2.03. The van der Waals surface area contributed by atoms with Crippen molar-refractivity contribution in [2.45, 2.75) is 26.7 Å². The van der Waals surface area contributed by atoms with Crippen molar-refractivity contribution in [2.75, 3.05) is 5.43 Å². The Hall–Kier alpha value is -1.84. The maximum atomic E-state index is 4.38. The largest absolute Gasteiger partial charge is 0.323 e. The second kappa shape index (κ2) is 5.48. The molecule has 0 radical (unpaired) electrons. The first-order valence-corrected chi connectivity index (χ1v) is 6.07.